The third-order valence-corrected chi connectivity index (χ3v) is 9.42. The molecule has 0 heterocycles. The first-order valence-corrected chi connectivity index (χ1v) is 12.3. The number of hydrogen-bond acceptors (Lipinski definition) is 4. The Kier molecular flexibility index (Phi) is 6.90. The van der Waals surface area contributed by atoms with Crippen molar-refractivity contribution in [3.63, 3.8) is 0 Å². The van der Waals surface area contributed by atoms with E-state index in [2.05, 4.69) is 10.0 Å². The van der Waals surface area contributed by atoms with Crippen LogP contribution in [0.5, 0.6) is 0 Å². The molecule has 1 unspecified atom stereocenters. The van der Waals surface area contributed by atoms with Crippen LogP contribution in [0.3, 0.4) is 0 Å². The highest BCUT2D eigenvalue weighted by Crippen LogP contribution is 2.58. The molecule has 166 valence electrons. The second-order valence-corrected chi connectivity index (χ2v) is 11.9. The fourth-order valence-corrected chi connectivity index (χ4v) is 6.21. The van der Waals surface area contributed by atoms with E-state index in [0.29, 0.717) is 5.69 Å². The molecule has 1 atom stereocenters. The lowest BCUT2D eigenvalue weighted by Crippen LogP contribution is -2.73. The summed E-state index contributed by atoms with van der Waals surface area (Å²) in [5.41, 5.74) is -1.15. The summed E-state index contributed by atoms with van der Waals surface area (Å²) in [5, 5.41) is 1.68. The maximum absolute atomic E-state index is 13.3. The number of carbonyl (C=O) groups excluding carboxylic acids is 1. The molecule has 2 N–H and O–H groups in total. The van der Waals surface area contributed by atoms with Crippen LogP contribution < -0.4 is 10.0 Å². The zero-order chi connectivity index (χ0) is 23.2. The summed E-state index contributed by atoms with van der Waals surface area (Å²) in [4.78, 5) is 12.5. The number of allylic oxidation sites excluding steroid dienone is 1. The smallest absolute Gasteiger partial charge is 0.242 e. The van der Waals surface area contributed by atoms with Gasteiger partial charge in [-0.1, -0.05) is 106 Å². The maximum Gasteiger partial charge on any atom is 0.242 e. The third kappa shape index (κ3) is 4.18. The topological polar surface area (TPSA) is 75.3 Å². The van der Waals surface area contributed by atoms with Crippen LogP contribution >= 0.6 is 69.6 Å². The van der Waals surface area contributed by atoms with Gasteiger partial charge in [0.15, 0.2) is 5.66 Å². The first-order chi connectivity index (χ1) is 14.3. The summed E-state index contributed by atoms with van der Waals surface area (Å²) in [7, 11) is -4.34. The number of para-hydroxylation sites is 1. The first-order valence-electron chi connectivity index (χ1n) is 8.56. The van der Waals surface area contributed by atoms with Gasteiger partial charge in [0.2, 0.25) is 24.5 Å². The normalized spacial score (nSPS) is 23.0. The van der Waals surface area contributed by atoms with Crippen molar-refractivity contribution in [3.8, 4) is 0 Å². The molecule has 0 saturated heterocycles. The van der Waals surface area contributed by atoms with E-state index in [-0.39, 0.29) is 4.90 Å². The average molecular weight is 563 g/mol. The van der Waals surface area contributed by atoms with Gasteiger partial charge in [-0.2, -0.15) is 4.72 Å². The van der Waals surface area contributed by atoms with Gasteiger partial charge in [-0.3, -0.25) is 4.79 Å². The van der Waals surface area contributed by atoms with Crippen LogP contribution in [0, 0.1) is 6.92 Å². The number of Topliss-reactive ketones (excluding diaryl/α,β-unsaturated/α-hetero) is 1. The number of hydrogen-bond donors (Lipinski definition) is 2. The van der Waals surface area contributed by atoms with E-state index in [1.165, 1.54) is 12.1 Å². The van der Waals surface area contributed by atoms with Crippen molar-refractivity contribution in [3.05, 3.63) is 70.2 Å². The summed E-state index contributed by atoms with van der Waals surface area (Å²) in [5.74, 6) is -1.08. The van der Waals surface area contributed by atoms with E-state index in [9.17, 15) is 13.2 Å². The van der Waals surface area contributed by atoms with Gasteiger partial charge >= 0.3 is 0 Å². The number of ketones is 1. The fraction of sp³-hybridized carbons (Fsp3) is 0.211. The molecule has 0 radical (unpaired) electrons. The Morgan fingerprint density at radius 2 is 1.42 bits per heavy atom. The Morgan fingerprint density at radius 3 is 1.97 bits per heavy atom. The highest BCUT2D eigenvalue weighted by molar-refractivity contribution is 7.89. The fourth-order valence-electron chi connectivity index (χ4n) is 2.90. The van der Waals surface area contributed by atoms with Gasteiger partial charge < -0.3 is 5.32 Å². The zero-order valence-electron chi connectivity index (χ0n) is 15.6. The molecular formula is C19H14Cl6N2O3S. The van der Waals surface area contributed by atoms with Crippen LogP contribution in [-0.2, 0) is 14.8 Å². The van der Waals surface area contributed by atoms with Crippen LogP contribution in [0.15, 0.2) is 69.6 Å². The Balaban J connectivity index is 2.27. The number of halogens is 6. The summed E-state index contributed by atoms with van der Waals surface area (Å²) in [6.07, 6.45) is 0. The number of aryl methyl sites for hydroxylation is 1. The Morgan fingerprint density at radius 1 is 0.871 bits per heavy atom. The van der Waals surface area contributed by atoms with E-state index in [4.69, 9.17) is 69.6 Å². The van der Waals surface area contributed by atoms with Gasteiger partial charge in [0, 0.05) is 5.69 Å². The number of anilines is 1. The molecule has 0 aromatic heterocycles. The van der Waals surface area contributed by atoms with Crippen molar-refractivity contribution < 1.29 is 13.2 Å². The lowest BCUT2D eigenvalue weighted by molar-refractivity contribution is -0.116. The van der Waals surface area contributed by atoms with Crippen LogP contribution in [0.2, 0.25) is 0 Å². The molecule has 1 aliphatic carbocycles. The van der Waals surface area contributed by atoms with Crippen molar-refractivity contribution in [2.75, 3.05) is 5.32 Å². The minimum atomic E-state index is -4.34. The molecule has 12 heteroatoms. The molecule has 3 rings (SSSR count). The first kappa shape index (κ1) is 24.9. The van der Waals surface area contributed by atoms with Gasteiger partial charge in [0.25, 0.3) is 0 Å². The summed E-state index contributed by atoms with van der Waals surface area (Å²) in [6, 6.07) is 14.2. The van der Waals surface area contributed by atoms with E-state index < -0.39 is 40.2 Å². The Hall–Kier alpha value is -0.700. The van der Waals surface area contributed by atoms with Gasteiger partial charge in [-0.15, -0.1) is 0 Å². The quantitative estimate of drug-likeness (QED) is 0.362. The molecule has 31 heavy (non-hydrogen) atoms. The Labute approximate surface area is 209 Å². The molecule has 2 aromatic rings. The molecule has 0 aliphatic heterocycles. The Bertz CT molecular complexity index is 1150. The second kappa shape index (κ2) is 8.58. The van der Waals surface area contributed by atoms with Gasteiger partial charge in [-0.05, 0) is 31.2 Å². The van der Waals surface area contributed by atoms with E-state index >= 15 is 0 Å². The molecule has 0 bridgehead atoms. The highest BCUT2D eigenvalue weighted by Gasteiger charge is 2.71. The van der Waals surface area contributed by atoms with Crippen molar-refractivity contribution in [1.29, 1.82) is 0 Å². The van der Waals surface area contributed by atoms with E-state index in [0.717, 1.165) is 5.56 Å². The van der Waals surface area contributed by atoms with Crippen LogP contribution in [-0.4, -0.2) is 28.5 Å². The molecule has 5 nitrogen and oxygen atoms in total. The SMILES string of the molecule is Cc1ccc(S(=O)(=O)NC2(Nc3ccccc3)C(Cl)=C(Cl)C(=O)C(Cl)(Cl)C2(Cl)Cl)cc1. The number of benzene rings is 2. The number of carbonyl (C=O) groups is 1. The van der Waals surface area contributed by atoms with E-state index in [1.807, 2.05) is 0 Å². The van der Waals surface area contributed by atoms with Crippen molar-refractivity contribution in [1.82, 2.24) is 4.72 Å². The monoisotopic (exact) mass is 560 g/mol. The van der Waals surface area contributed by atoms with Crippen LogP contribution in [0.1, 0.15) is 5.56 Å². The van der Waals surface area contributed by atoms with Crippen LogP contribution in [0.4, 0.5) is 5.69 Å². The number of nitrogens with one attached hydrogen (secondary N) is 2. The summed E-state index contributed by atoms with van der Waals surface area (Å²) in [6.45, 7) is 1.80. The number of rotatable bonds is 5. The van der Waals surface area contributed by atoms with Crippen molar-refractivity contribution in [2.24, 2.45) is 0 Å². The molecule has 0 spiro atoms. The zero-order valence-corrected chi connectivity index (χ0v) is 20.9. The molecule has 2 aromatic carbocycles. The largest absolute Gasteiger partial charge is 0.359 e. The van der Waals surface area contributed by atoms with Crippen molar-refractivity contribution >= 4 is 91.1 Å². The third-order valence-electron chi connectivity index (χ3n) is 4.60. The van der Waals surface area contributed by atoms with E-state index in [1.54, 1.807) is 49.4 Å². The predicted octanol–water partition coefficient (Wildman–Crippen LogP) is 5.70. The lowest BCUT2D eigenvalue weighted by atomic mass is 9.92. The lowest BCUT2D eigenvalue weighted by Gasteiger charge is -2.50. The molecule has 0 fully saturated rings. The van der Waals surface area contributed by atoms with Gasteiger partial charge in [0.1, 0.15) is 5.03 Å². The van der Waals surface area contributed by atoms with Gasteiger partial charge in [-0.25, -0.2) is 8.42 Å². The summed E-state index contributed by atoms with van der Waals surface area (Å²) < 4.78 is 23.8. The summed E-state index contributed by atoms with van der Waals surface area (Å²) >= 11 is 38.0. The minimum Gasteiger partial charge on any atom is -0.359 e. The standard InChI is InChI=1S/C19H14Cl6N2O3S/c1-11-7-9-13(10-8-11)31(29,30)27-18(26-12-5-3-2-4-6-12)15(21)14(20)16(28)17(22,23)19(18,24)25/h2-10,26-27H,1H3. The highest BCUT2D eigenvalue weighted by atomic mass is 35.5. The second-order valence-electron chi connectivity index (χ2n) is 6.77. The molecule has 0 saturated carbocycles. The molecular weight excluding hydrogens is 549 g/mol. The molecule has 0 amide bonds. The van der Waals surface area contributed by atoms with Crippen LogP contribution in [0.25, 0.3) is 0 Å². The molecule has 1 aliphatic rings. The van der Waals surface area contributed by atoms with Gasteiger partial charge in [0.05, 0.1) is 9.93 Å². The maximum atomic E-state index is 13.3. The van der Waals surface area contributed by atoms with Crippen molar-refractivity contribution in [2.45, 2.75) is 26.1 Å². The number of alkyl halides is 4. The predicted molar refractivity (Wildman–Crippen MR) is 127 cm³/mol. The average Bonchev–Trinajstić information content (AvgIpc) is 2.71. The number of sulfonamides is 1. The minimum absolute atomic E-state index is 0.122.